The summed E-state index contributed by atoms with van der Waals surface area (Å²) in [6, 6.07) is 6.40. The Labute approximate surface area is 91.2 Å². The summed E-state index contributed by atoms with van der Waals surface area (Å²) in [5.41, 5.74) is 3.86. The van der Waals surface area contributed by atoms with Crippen LogP contribution in [0.3, 0.4) is 0 Å². The number of ether oxygens (including phenoxy) is 2. The lowest BCUT2D eigenvalue weighted by Gasteiger charge is -2.37. The summed E-state index contributed by atoms with van der Waals surface area (Å²) in [5.74, 6) is -0.515. The summed E-state index contributed by atoms with van der Waals surface area (Å²) in [4.78, 5) is 0. The molecular formula is C13H18O2. The fourth-order valence-corrected chi connectivity index (χ4v) is 2.61. The Bertz CT molecular complexity index is 354. The Morgan fingerprint density at radius 1 is 1.20 bits per heavy atom. The van der Waals surface area contributed by atoms with Gasteiger partial charge in [0.05, 0.1) is 0 Å². The van der Waals surface area contributed by atoms with E-state index in [-0.39, 0.29) is 0 Å². The van der Waals surface area contributed by atoms with Crippen molar-refractivity contribution in [2.45, 2.75) is 32.0 Å². The Morgan fingerprint density at radius 3 is 2.60 bits per heavy atom. The van der Waals surface area contributed by atoms with E-state index in [1.54, 1.807) is 14.2 Å². The van der Waals surface area contributed by atoms with Gasteiger partial charge in [0.25, 0.3) is 0 Å². The maximum absolute atomic E-state index is 5.61. The highest BCUT2D eigenvalue weighted by molar-refractivity contribution is 5.39. The number of hydrogen-bond donors (Lipinski definition) is 0. The van der Waals surface area contributed by atoms with E-state index in [1.165, 1.54) is 16.7 Å². The minimum Gasteiger partial charge on any atom is -0.349 e. The second-order valence-corrected chi connectivity index (χ2v) is 4.12. The molecular weight excluding hydrogens is 188 g/mol. The molecule has 0 unspecified atom stereocenters. The van der Waals surface area contributed by atoms with Gasteiger partial charge in [0.15, 0.2) is 5.79 Å². The highest BCUT2D eigenvalue weighted by Crippen LogP contribution is 2.40. The lowest BCUT2D eigenvalue weighted by Crippen LogP contribution is -2.35. The highest BCUT2D eigenvalue weighted by Gasteiger charge is 2.37. The molecule has 1 aromatic rings. The standard InChI is InChI=1S/C13H18O2/c1-10-6-4-7-11-8-5-9-13(14-2,15-3)12(10)11/h4,6-7H,5,8-9H2,1-3H3. The van der Waals surface area contributed by atoms with Gasteiger partial charge in [-0.1, -0.05) is 18.2 Å². The maximum atomic E-state index is 5.61. The zero-order valence-corrected chi connectivity index (χ0v) is 9.67. The van der Waals surface area contributed by atoms with E-state index in [0.29, 0.717) is 0 Å². The molecule has 0 N–H and O–H groups in total. The van der Waals surface area contributed by atoms with Gasteiger partial charge < -0.3 is 9.47 Å². The molecule has 0 spiro atoms. The second kappa shape index (κ2) is 3.95. The summed E-state index contributed by atoms with van der Waals surface area (Å²) < 4.78 is 11.2. The van der Waals surface area contributed by atoms with Crippen molar-refractivity contribution in [1.29, 1.82) is 0 Å². The van der Waals surface area contributed by atoms with Gasteiger partial charge in [0, 0.05) is 26.2 Å². The van der Waals surface area contributed by atoms with Crippen molar-refractivity contribution in [3.8, 4) is 0 Å². The van der Waals surface area contributed by atoms with Gasteiger partial charge in [-0.15, -0.1) is 0 Å². The van der Waals surface area contributed by atoms with Crippen LogP contribution in [0.4, 0.5) is 0 Å². The van der Waals surface area contributed by atoms with Crippen molar-refractivity contribution in [2.75, 3.05) is 14.2 Å². The van der Waals surface area contributed by atoms with E-state index in [2.05, 4.69) is 25.1 Å². The molecule has 0 aromatic heterocycles. The van der Waals surface area contributed by atoms with Crippen LogP contribution in [0.25, 0.3) is 0 Å². The van der Waals surface area contributed by atoms with Crippen LogP contribution in [0.1, 0.15) is 29.5 Å². The molecule has 2 heteroatoms. The molecule has 0 bridgehead atoms. The van der Waals surface area contributed by atoms with E-state index < -0.39 is 5.79 Å². The zero-order valence-electron chi connectivity index (χ0n) is 9.67. The van der Waals surface area contributed by atoms with Gasteiger partial charge in [-0.25, -0.2) is 0 Å². The molecule has 15 heavy (non-hydrogen) atoms. The minimum absolute atomic E-state index is 0.515. The number of aryl methyl sites for hydroxylation is 2. The average Bonchev–Trinajstić information content (AvgIpc) is 2.28. The zero-order chi connectivity index (χ0) is 10.9. The van der Waals surface area contributed by atoms with Crippen LogP contribution in [-0.4, -0.2) is 14.2 Å². The third-order valence-electron chi connectivity index (χ3n) is 3.35. The number of benzene rings is 1. The molecule has 0 fully saturated rings. The molecule has 0 saturated carbocycles. The van der Waals surface area contributed by atoms with E-state index in [9.17, 15) is 0 Å². The fraction of sp³-hybridized carbons (Fsp3) is 0.538. The monoisotopic (exact) mass is 206 g/mol. The summed E-state index contributed by atoms with van der Waals surface area (Å²) in [6.45, 7) is 2.12. The lowest BCUT2D eigenvalue weighted by molar-refractivity contribution is -0.224. The molecule has 1 aromatic carbocycles. The Morgan fingerprint density at radius 2 is 1.93 bits per heavy atom. The van der Waals surface area contributed by atoms with Crippen LogP contribution >= 0.6 is 0 Å². The van der Waals surface area contributed by atoms with E-state index in [4.69, 9.17) is 9.47 Å². The van der Waals surface area contributed by atoms with Crippen LogP contribution in [0.15, 0.2) is 18.2 Å². The fourth-order valence-electron chi connectivity index (χ4n) is 2.61. The molecule has 0 heterocycles. The van der Waals surface area contributed by atoms with Gasteiger partial charge in [-0.2, -0.15) is 0 Å². The SMILES string of the molecule is COC1(OC)CCCc2cccc(C)c21. The van der Waals surface area contributed by atoms with Crippen LogP contribution in [0.2, 0.25) is 0 Å². The largest absolute Gasteiger partial charge is 0.349 e. The van der Waals surface area contributed by atoms with Crippen molar-refractivity contribution in [3.63, 3.8) is 0 Å². The molecule has 0 atom stereocenters. The predicted octanol–water partition coefficient (Wildman–Crippen LogP) is 2.78. The van der Waals surface area contributed by atoms with Gasteiger partial charge in [-0.3, -0.25) is 0 Å². The molecule has 0 radical (unpaired) electrons. The molecule has 1 aliphatic carbocycles. The number of methoxy groups -OCH3 is 2. The van der Waals surface area contributed by atoms with E-state index in [1.807, 2.05) is 0 Å². The summed E-state index contributed by atoms with van der Waals surface area (Å²) in [5, 5.41) is 0. The van der Waals surface area contributed by atoms with Crippen molar-refractivity contribution < 1.29 is 9.47 Å². The maximum Gasteiger partial charge on any atom is 0.194 e. The Kier molecular flexibility index (Phi) is 2.81. The first-order chi connectivity index (χ1) is 7.23. The molecule has 0 saturated heterocycles. The van der Waals surface area contributed by atoms with Crippen LogP contribution < -0.4 is 0 Å². The molecule has 1 aliphatic rings. The van der Waals surface area contributed by atoms with Gasteiger partial charge >= 0.3 is 0 Å². The predicted molar refractivity (Wildman–Crippen MR) is 59.8 cm³/mol. The summed E-state index contributed by atoms with van der Waals surface area (Å²) in [6.07, 6.45) is 3.20. The number of rotatable bonds is 2. The first-order valence-electron chi connectivity index (χ1n) is 5.43. The molecule has 2 nitrogen and oxygen atoms in total. The summed E-state index contributed by atoms with van der Waals surface area (Å²) >= 11 is 0. The third-order valence-corrected chi connectivity index (χ3v) is 3.35. The van der Waals surface area contributed by atoms with Gasteiger partial charge in [0.2, 0.25) is 0 Å². The molecule has 0 amide bonds. The Hall–Kier alpha value is -0.860. The van der Waals surface area contributed by atoms with Crippen molar-refractivity contribution in [3.05, 3.63) is 34.9 Å². The first kappa shape index (κ1) is 10.7. The molecule has 2 rings (SSSR count). The smallest absolute Gasteiger partial charge is 0.194 e. The van der Waals surface area contributed by atoms with Crippen LogP contribution in [-0.2, 0) is 21.7 Å². The minimum atomic E-state index is -0.515. The van der Waals surface area contributed by atoms with Gasteiger partial charge in [0.1, 0.15) is 0 Å². The third kappa shape index (κ3) is 1.58. The molecule has 82 valence electrons. The van der Waals surface area contributed by atoms with Crippen molar-refractivity contribution >= 4 is 0 Å². The highest BCUT2D eigenvalue weighted by atomic mass is 16.7. The van der Waals surface area contributed by atoms with Gasteiger partial charge in [-0.05, 0) is 30.9 Å². The van der Waals surface area contributed by atoms with Crippen molar-refractivity contribution in [1.82, 2.24) is 0 Å². The topological polar surface area (TPSA) is 18.5 Å². The first-order valence-corrected chi connectivity index (χ1v) is 5.43. The van der Waals surface area contributed by atoms with Crippen LogP contribution in [0, 0.1) is 6.92 Å². The van der Waals surface area contributed by atoms with E-state index in [0.717, 1.165) is 19.3 Å². The summed E-state index contributed by atoms with van der Waals surface area (Å²) in [7, 11) is 3.45. The Balaban J connectivity index is 2.58. The molecule has 0 aliphatic heterocycles. The number of hydrogen-bond acceptors (Lipinski definition) is 2. The lowest BCUT2D eigenvalue weighted by atomic mass is 9.84. The average molecular weight is 206 g/mol. The quantitative estimate of drug-likeness (QED) is 0.693. The van der Waals surface area contributed by atoms with Crippen LogP contribution in [0.5, 0.6) is 0 Å². The second-order valence-electron chi connectivity index (χ2n) is 4.12. The number of fused-ring (bicyclic) bond motifs is 1. The van der Waals surface area contributed by atoms with E-state index >= 15 is 0 Å². The van der Waals surface area contributed by atoms with Crippen molar-refractivity contribution in [2.24, 2.45) is 0 Å². The normalized spacial score (nSPS) is 18.6.